The van der Waals surface area contributed by atoms with E-state index in [1.54, 1.807) is 24.3 Å². The van der Waals surface area contributed by atoms with Crippen LogP contribution in [0, 0.1) is 6.92 Å². The lowest BCUT2D eigenvalue weighted by Crippen LogP contribution is -2.22. The van der Waals surface area contributed by atoms with Crippen molar-refractivity contribution >= 4 is 16.2 Å². The van der Waals surface area contributed by atoms with Crippen LogP contribution in [0.4, 0.5) is 0 Å². The van der Waals surface area contributed by atoms with E-state index >= 15 is 0 Å². The summed E-state index contributed by atoms with van der Waals surface area (Å²) in [7, 11) is -3.66. The van der Waals surface area contributed by atoms with Gasteiger partial charge in [-0.15, -0.1) is 0 Å². The predicted octanol–water partition coefficient (Wildman–Crippen LogP) is 3.08. The topological polar surface area (TPSA) is 63.2 Å². The van der Waals surface area contributed by atoms with Crippen LogP contribution < -0.4 is 5.32 Å². The van der Waals surface area contributed by atoms with Crippen LogP contribution in [0.1, 0.15) is 44.1 Å². The fourth-order valence-corrected chi connectivity index (χ4v) is 4.16. The Balaban J connectivity index is 2.47. The van der Waals surface area contributed by atoms with E-state index in [1.807, 2.05) is 6.92 Å². The molecular weight excluding hydrogens is 286 g/mol. The number of benzene rings is 1. The Labute approximate surface area is 126 Å². The molecule has 1 N–H and O–H groups in total. The number of nitrogens with one attached hydrogen (secondary N) is 1. The highest BCUT2D eigenvalue weighted by Gasteiger charge is 2.24. The van der Waals surface area contributed by atoms with Crippen LogP contribution in [-0.2, 0) is 14.6 Å². The molecule has 1 aromatic rings. The van der Waals surface area contributed by atoms with E-state index in [4.69, 9.17) is 0 Å². The van der Waals surface area contributed by atoms with E-state index in [0.29, 0.717) is 6.41 Å². The van der Waals surface area contributed by atoms with Crippen LogP contribution in [0.25, 0.3) is 0 Å². The van der Waals surface area contributed by atoms with Crippen LogP contribution in [0.5, 0.6) is 0 Å². The number of sulfone groups is 1. The molecule has 21 heavy (non-hydrogen) atoms. The second-order valence-electron chi connectivity index (χ2n) is 5.43. The highest BCUT2D eigenvalue weighted by atomic mass is 32.2. The van der Waals surface area contributed by atoms with Crippen molar-refractivity contribution in [2.45, 2.75) is 50.3 Å². The Bertz CT molecular complexity index is 620. The van der Waals surface area contributed by atoms with Gasteiger partial charge in [-0.1, -0.05) is 30.5 Å². The van der Waals surface area contributed by atoms with Crippen molar-refractivity contribution in [3.63, 3.8) is 0 Å². The normalized spacial score (nSPS) is 16.1. The summed E-state index contributed by atoms with van der Waals surface area (Å²) in [6.07, 6.45) is 6.11. The summed E-state index contributed by atoms with van der Waals surface area (Å²) >= 11 is 0. The van der Waals surface area contributed by atoms with Gasteiger partial charge in [0.2, 0.25) is 16.2 Å². The Morgan fingerprint density at radius 1 is 1.05 bits per heavy atom. The Kier molecular flexibility index (Phi) is 5.17. The molecule has 1 aliphatic rings. The third-order valence-corrected chi connectivity index (χ3v) is 5.66. The van der Waals surface area contributed by atoms with Gasteiger partial charge in [0.15, 0.2) is 0 Å². The summed E-state index contributed by atoms with van der Waals surface area (Å²) in [5, 5.41) is 2.53. The van der Waals surface area contributed by atoms with E-state index in [1.165, 1.54) is 0 Å². The molecule has 0 aromatic heterocycles. The first kappa shape index (κ1) is 15.8. The van der Waals surface area contributed by atoms with Gasteiger partial charge in [-0.25, -0.2) is 8.42 Å². The van der Waals surface area contributed by atoms with Crippen molar-refractivity contribution in [3.05, 3.63) is 40.4 Å². The van der Waals surface area contributed by atoms with Crippen LogP contribution in [0.3, 0.4) is 0 Å². The molecule has 1 aliphatic carbocycles. The molecular formula is C16H21NO3S. The Morgan fingerprint density at radius 2 is 1.62 bits per heavy atom. The lowest BCUT2D eigenvalue weighted by atomic mass is 10.1. The highest BCUT2D eigenvalue weighted by Crippen LogP contribution is 2.29. The van der Waals surface area contributed by atoms with Crippen molar-refractivity contribution in [2.75, 3.05) is 0 Å². The lowest BCUT2D eigenvalue weighted by molar-refractivity contribution is -0.108. The third-order valence-electron chi connectivity index (χ3n) is 3.82. The minimum absolute atomic E-state index is 0.0863. The molecule has 0 saturated heterocycles. The third kappa shape index (κ3) is 3.73. The second kappa shape index (κ2) is 6.89. The van der Waals surface area contributed by atoms with Crippen molar-refractivity contribution < 1.29 is 13.2 Å². The molecule has 0 spiro atoms. The number of amides is 1. The maximum absolute atomic E-state index is 12.8. The van der Waals surface area contributed by atoms with E-state index in [0.717, 1.165) is 49.7 Å². The number of hydrogen-bond acceptors (Lipinski definition) is 3. The molecule has 0 radical (unpaired) electrons. The fraction of sp³-hybridized carbons (Fsp3) is 0.438. The summed E-state index contributed by atoms with van der Waals surface area (Å²) in [6, 6.07) is 6.72. The van der Waals surface area contributed by atoms with Gasteiger partial charge in [-0.2, -0.15) is 0 Å². The zero-order valence-corrected chi connectivity index (χ0v) is 13.1. The number of aryl methyl sites for hydroxylation is 1. The van der Waals surface area contributed by atoms with Gasteiger partial charge in [-0.3, -0.25) is 4.79 Å². The quantitative estimate of drug-likeness (QED) is 0.687. The van der Waals surface area contributed by atoms with E-state index in [-0.39, 0.29) is 9.92 Å². The number of carbonyl (C=O) groups is 1. The summed E-state index contributed by atoms with van der Waals surface area (Å²) in [4.78, 5) is 11.1. The van der Waals surface area contributed by atoms with Gasteiger partial charge in [0.25, 0.3) is 0 Å². The molecule has 5 heteroatoms. The molecule has 1 aromatic carbocycles. The number of allylic oxidation sites excluding steroid dienone is 1. The zero-order chi connectivity index (χ0) is 15.3. The lowest BCUT2D eigenvalue weighted by Gasteiger charge is -2.14. The molecule has 0 atom stereocenters. The first-order chi connectivity index (χ1) is 10.1. The minimum Gasteiger partial charge on any atom is -0.319 e. The van der Waals surface area contributed by atoms with E-state index < -0.39 is 9.84 Å². The van der Waals surface area contributed by atoms with Gasteiger partial charge in [0, 0.05) is 0 Å². The average molecular weight is 307 g/mol. The predicted molar refractivity (Wildman–Crippen MR) is 82.3 cm³/mol. The van der Waals surface area contributed by atoms with Crippen molar-refractivity contribution in [1.82, 2.24) is 5.32 Å². The standard InChI is InChI=1S/C16H21NO3S/c1-13-8-10-15(11-9-13)21(19,20)16(17-12-18)14-6-4-2-3-5-7-14/h8-12H,2-7H2,1H3,(H,17,18). The zero-order valence-electron chi connectivity index (χ0n) is 12.3. The molecule has 1 amide bonds. The van der Waals surface area contributed by atoms with Crippen molar-refractivity contribution in [1.29, 1.82) is 0 Å². The van der Waals surface area contributed by atoms with Gasteiger partial charge >= 0.3 is 0 Å². The number of hydrogen-bond donors (Lipinski definition) is 1. The van der Waals surface area contributed by atoms with Gasteiger partial charge in [-0.05, 0) is 50.3 Å². The van der Waals surface area contributed by atoms with E-state index in [2.05, 4.69) is 5.32 Å². The van der Waals surface area contributed by atoms with Crippen LogP contribution in [0.15, 0.2) is 39.8 Å². The van der Waals surface area contributed by atoms with Crippen LogP contribution in [-0.4, -0.2) is 14.8 Å². The summed E-state index contributed by atoms with van der Waals surface area (Å²) < 4.78 is 25.5. The van der Waals surface area contributed by atoms with Crippen LogP contribution in [0.2, 0.25) is 0 Å². The summed E-state index contributed by atoms with van der Waals surface area (Å²) in [5.74, 6) is 0. The summed E-state index contributed by atoms with van der Waals surface area (Å²) in [5.41, 5.74) is 1.85. The number of rotatable bonds is 4. The van der Waals surface area contributed by atoms with E-state index in [9.17, 15) is 13.2 Å². The Hall–Kier alpha value is -1.62. The number of carbonyl (C=O) groups excluding carboxylic acids is 1. The molecule has 2 rings (SSSR count). The maximum Gasteiger partial charge on any atom is 0.221 e. The van der Waals surface area contributed by atoms with Crippen molar-refractivity contribution in [3.8, 4) is 0 Å². The average Bonchev–Trinajstić information content (AvgIpc) is 2.74. The maximum atomic E-state index is 12.8. The molecule has 0 heterocycles. The molecule has 4 nitrogen and oxygen atoms in total. The molecule has 1 saturated carbocycles. The van der Waals surface area contributed by atoms with Gasteiger partial charge in [0.1, 0.15) is 5.03 Å². The second-order valence-corrected chi connectivity index (χ2v) is 7.31. The van der Waals surface area contributed by atoms with Gasteiger partial charge in [0.05, 0.1) is 4.90 Å². The van der Waals surface area contributed by atoms with Gasteiger partial charge < -0.3 is 5.32 Å². The summed E-state index contributed by atoms with van der Waals surface area (Å²) in [6.45, 7) is 1.91. The van der Waals surface area contributed by atoms with Crippen molar-refractivity contribution in [2.24, 2.45) is 0 Å². The molecule has 0 aliphatic heterocycles. The monoisotopic (exact) mass is 307 g/mol. The largest absolute Gasteiger partial charge is 0.319 e. The fourth-order valence-electron chi connectivity index (χ4n) is 2.64. The smallest absolute Gasteiger partial charge is 0.221 e. The van der Waals surface area contributed by atoms with Crippen LogP contribution >= 0.6 is 0 Å². The molecule has 0 bridgehead atoms. The molecule has 0 unspecified atom stereocenters. The Morgan fingerprint density at radius 3 is 2.14 bits per heavy atom. The SMILES string of the molecule is Cc1ccc(S(=O)(=O)C(NC=O)=C2CCCCCC2)cc1. The molecule has 1 fully saturated rings. The highest BCUT2D eigenvalue weighted by molar-refractivity contribution is 7.95. The molecule has 114 valence electrons. The minimum atomic E-state index is -3.66. The first-order valence-corrected chi connectivity index (χ1v) is 8.78. The first-order valence-electron chi connectivity index (χ1n) is 7.29.